The van der Waals surface area contributed by atoms with Crippen molar-refractivity contribution in [2.75, 3.05) is 5.33 Å². The number of benzene rings is 1. The van der Waals surface area contributed by atoms with Crippen molar-refractivity contribution in [3.05, 3.63) is 35.9 Å². The normalized spacial score (nSPS) is 14.9. The third kappa shape index (κ3) is 6.94. The van der Waals surface area contributed by atoms with Crippen molar-refractivity contribution < 1.29 is 9.53 Å². The molecule has 2 unspecified atom stereocenters. The van der Waals surface area contributed by atoms with Crippen LogP contribution in [0.15, 0.2) is 30.3 Å². The minimum absolute atomic E-state index is 0.00613. The number of hydrogen-bond acceptors (Lipinski definition) is 2. The molecule has 4 heteroatoms. The van der Waals surface area contributed by atoms with Gasteiger partial charge in [-0.05, 0) is 38.2 Å². The summed E-state index contributed by atoms with van der Waals surface area (Å²) in [6.07, 6.45) is 0.490. The van der Waals surface area contributed by atoms with E-state index < -0.39 is 5.60 Å². The summed E-state index contributed by atoms with van der Waals surface area (Å²) in [6, 6.07) is 10.4. The molecule has 0 saturated carbocycles. The summed E-state index contributed by atoms with van der Waals surface area (Å²) in [7, 11) is 0. The van der Waals surface area contributed by atoms with Crippen molar-refractivity contribution >= 4 is 22.0 Å². The van der Waals surface area contributed by atoms with E-state index in [1.807, 2.05) is 39.0 Å². The summed E-state index contributed by atoms with van der Waals surface area (Å²) in [5, 5.41) is 3.91. The summed E-state index contributed by atoms with van der Waals surface area (Å²) < 4.78 is 5.45. The summed E-state index contributed by atoms with van der Waals surface area (Å²) in [4.78, 5) is 12.3. The maximum atomic E-state index is 12.3. The van der Waals surface area contributed by atoms with Gasteiger partial charge in [0, 0.05) is 17.3 Å². The first kappa shape index (κ1) is 20.0. The molecule has 1 rings (SSSR count). The molecule has 130 valence electrons. The van der Waals surface area contributed by atoms with Crippen LogP contribution in [-0.4, -0.2) is 23.1 Å². The predicted molar refractivity (Wildman–Crippen MR) is 100 cm³/mol. The van der Waals surface area contributed by atoms with Gasteiger partial charge in [-0.15, -0.1) is 0 Å². The molecular weight excluding hydrogens is 354 g/mol. The Morgan fingerprint density at radius 3 is 2.13 bits per heavy atom. The van der Waals surface area contributed by atoms with Gasteiger partial charge in [-0.3, -0.25) is 0 Å². The van der Waals surface area contributed by atoms with Crippen molar-refractivity contribution in [1.29, 1.82) is 0 Å². The molecule has 0 aliphatic carbocycles. The minimum atomic E-state index is -0.493. The number of amides is 1. The number of alkyl halides is 1. The average Bonchev–Trinajstić information content (AvgIpc) is 2.36. The van der Waals surface area contributed by atoms with E-state index in [0.717, 1.165) is 11.8 Å². The monoisotopic (exact) mass is 383 g/mol. The van der Waals surface area contributed by atoms with Gasteiger partial charge in [0.15, 0.2) is 0 Å². The van der Waals surface area contributed by atoms with Crippen LogP contribution in [0.5, 0.6) is 0 Å². The molecule has 1 amide bonds. The highest BCUT2D eigenvalue weighted by Gasteiger charge is 2.34. The van der Waals surface area contributed by atoms with Gasteiger partial charge in [-0.25, -0.2) is 4.79 Å². The summed E-state index contributed by atoms with van der Waals surface area (Å²) >= 11 is 3.52. The van der Waals surface area contributed by atoms with E-state index in [1.54, 1.807) is 0 Å². The molecule has 1 aromatic rings. The Morgan fingerprint density at radius 1 is 1.13 bits per heavy atom. The van der Waals surface area contributed by atoms with Crippen LogP contribution < -0.4 is 5.32 Å². The fourth-order valence-corrected chi connectivity index (χ4v) is 3.39. The van der Waals surface area contributed by atoms with E-state index in [4.69, 9.17) is 4.74 Å². The van der Waals surface area contributed by atoms with Crippen LogP contribution in [0.1, 0.15) is 59.4 Å². The average molecular weight is 384 g/mol. The summed E-state index contributed by atoms with van der Waals surface area (Å²) in [5.41, 5.74) is 0.762. The third-order valence-corrected chi connectivity index (χ3v) is 4.07. The molecule has 3 nitrogen and oxygen atoms in total. The Morgan fingerprint density at radius 2 is 1.70 bits per heavy atom. The topological polar surface area (TPSA) is 38.3 Å². The Labute approximate surface area is 149 Å². The van der Waals surface area contributed by atoms with Crippen LogP contribution in [0.25, 0.3) is 0 Å². The van der Waals surface area contributed by atoms with Crippen molar-refractivity contribution in [3.8, 4) is 0 Å². The maximum absolute atomic E-state index is 12.3. The first-order chi connectivity index (χ1) is 10.5. The van der Waals surface area contributed by atoms with E-state index in [-0.39, 0.29) is 23.5 Å². The standard InChI is InChI=1S/C19H30BrNO2/c1-18(2,3)16(14-10-8-7-9-11-14)15(12-13-20)21-17(22)23-19(4,5)6/h7-11,15-16H,12-13H2,1-6H3,(H,21,22). The number of halogens is 1. The zero-order chi connectivity index (χ0) is 17.7. The molecule has 0 aliphatic rings. The van der Waals surface area contributed by atoms with E-state index in [9.17, 15) is 4.79 Å². The Hall–Kier alpha value is -1.03. The van der Waals surface area contributed by atoms with Crippen LogP contribution in [-0.2, 0) is 4.74 Å². The molecule has 2 atom stereocenters. The van der Waals surface area contributed by atoms with Gasteiger partial charge in [-0.2, -0.15) is 0 Å². The smallest absolute Gasteiger partial charge is 0.407 e. The van der Waals surface area contributed by atoms with Gasteiger partial charge >= 0.3 is 6.09 Å². The lowest BCUT2D eigenvalue weighted by atomic mass is 9.71. The molecule has 0 aromatic heterocycles. The lowest BCUT2D eigenvalue weighted by molar-refractivity contribution is 0.0480. The number of rotatable bonds is 5. The van der Waals surface area contributed by atoms with Crippen molar-refractivity contribution in [1.82, 2.24) is 5.32 Å². The highest BCUT2D eigenvalue weighted by molar-refractivity contribution is 9.09. The molecule has 0 saturated heterocycles. The molecule has 0 spiro atoms. The minimum Gasteiger partial charge on any atom is -0.444 e. The number of alkyl carbamates (subject to hydrolysis) is 1. The van der Waals surface area contributed by atoms with Gasteiger partial charge in [0.05, 0.1) is 0 Å². The van der Waals surface area contributed by atoms with Gasteiger partial charge in [-0.1, -0.05) is 67.0 Å². The van der Waals surface area contributed by atoms with Crippen molar-refractivity contribution in [2.45, 2.75) is 65.5 Å². The molecule has 0 heterocycles. The van der Waals surface area contributed by atoms with Crippen LogP contribution in [0.2, 0.25) is 0 Å². The lowest BCUT2D eigenvalue weighted by Gasteiger charge is -2.38. The number of nitrogens with one attached hydrogen (secondary N) is 1. The van der Waals surface area contributed by atoms with E-state index >= 15 is 0 Å². The molecule has 0 aliphatic heterocycles. The summed E-state index contributed by atoms with van der Waals surface area (Å²) in [5.74, 6) is 0.203. The Kier molecular flexibility index (Phi) is 7.12. The van der Waals surface area contributed by atoms with Crippen LogP contribution in [0, 0.1) is 5.41 Å². The van der Waals surface area contributed by atoms with E-state index in [1.165, 1.54) is 5.56 Å². The Balaban J connectivity index is 3.04. The quantitative estimate of drug-likeness (QED) is 0.682. The number of carbonyl (C=O) groups is 1. The molecule has 23 heavy (non-hydrogen) atoms. The second kappa shape index (κ2) is 8.18. The number of hydrogen-bond donors (Lipinski definition) is 1. The van der Waals surface area contributed by atoms with E-state index in [0.29, 0.717) is 0 Å². The highest BCUT2D eigenvalue weighted by Crippen LogP contribution is 2.39. The SMILES string of the molecule is CC(C)(C)OC(=O)NC(CCBr)C(c1ccccc1)C(C)(C)C. The van der Waals surface area contributed by atoms with Crippen molar-refractivity contribution in [3.63, 3.8) is 0 Å². The van der Waals surface area contributed by atoms with Gasteiger partial charge in [0.1, 0.15) is 5.60 Å². The molecular formula is C19H30BrNO2. The molecule has 1 N–H and O–H groups in total. The zero-order valence-electron chi connectivity index (χ0n) is 15.2. The lowest BCUT2D eigenvalue weighted by Crippen LogP contribution is -2.45. The second-order valence-corrected chi connectivity index (χ2v) is 8.78. The van der Waals surface area contributed by atoms with Crippen LogP contribution >= 0.6 is 15.9 Å². The first-order valence-corrected chi connectivity index (χ1v) is 9.27. The van der Waals surface area contributed by atoms with Crippen LogP contribution in [0.3, 0.4) is 0 Å². The zero-order valence-corrected chi connectivity index (χ0v) is 16.7. The molecule has 0 fully saturated rings. The Bertz CT molecular complexity index is 488. The fraction of sp³-hybridized carbons (Fsp3) is 0.632. The molecule has 0 radical (unpaired) electrons. The fourth-order valence-electron chi connectivity index (χ4n) is 2.89. The van der Waals surface area contributed by atoms with Crippen molar-refractivity contribution in [2.24, 2.45) is 5.41 Å². The molecule has 0 bridgehead atoms. The van der Waals surface area contributed by atoms with E-state index in [2.05, 4.69) is 54.2 Å². The largest absolute Gasteiger partial charge is 0.444 e. The van der Waals surface area contributed by atoms with Crippen LogP contribution in [0.4, 0.5) is 4.79 Å². The third-order valence-electron chi connectivity index (χ3n) is 3.62. The van der Waals surface area contributed by atoms with Gasteiger partial charge in [0.25, 0.3) is 0 Å². The highest BCUT2D eigenvalue weighted by atomic mass is 79.9. The molecule has 1 aromatic carbocycles. The predicted octanol–water partition coefficient (Wildman–Crippen LogP) is 5.49. The van der Waals surface area contributed by atoms with Gasteiger partial charge < -0.3 is 10.1 Å². The van der Waals surface area contributed by atoms with Gasteiger partial charge in [0.2, 0.25) is 0 Å². The number of carbonyl (C=O) groups excluding carboxylic acids is 1. The second-order valence-electron chi connectivity index (χ2n) is 7.98. The maximum Gasteiger partial charge on any atom is 0.407 e. The first-order valence-electron chi connectivity index (χ1n) is 8.15. The number of ether oxygens (including phenoxy) is 1. The summed E-state index contributed by atoms with van der Waals surface area (Å²) in [6.45, 7) is 12.3.